The van der Waals surface area contributed by atoms with Crippen LogP contribution in [0.25, 0.3) is 11.2 Å². The zero-order valence-electron chi connectivity index (χ0n) is 12.7. The summed E-state index contributed by atoms with van der Waals surface area (Å²) in [5.41, 5.74) is 5.38. The third-order valence-electron chi connectivity index (χ3n) is 4.77. The minimum Gasteiger partial charge on any atom is -0.330 e. The molecule has 0 aromatic carbocycles. The Bertz CT molecular complexity index is 608. The largest absolute Gasteiger partial charge is 0.330 e. The van der Waals surface area contributed by atoms with Gasteiger partial charge in [0.05, 0.1) is 0 Å². The molecule has 108 valence electrons. The molecule has 1 aliphatic carbocycles. The second-order valence-corrected chi connectivity index (χ2v) is 5.70. The van der Waals surface area contributed by atoms with E-state index >= 15 is 0 Å². The minimum absolute atomic E-state index is 0.323. The molecule has 4 heteroatoms. The zero-order chi connectivity index (χ0) is 14.2. The van der Waals surface area contributed by atoms with Gasteiger partial charge in [-0.05, 0) is 12.8 Å². The van der Waals surface area contributed by atoms with Gasteiger partial charge in [0.1, 0.15) is 5.52 Å². The lowest BCUT2D eigenvalue weighted by molar-refractivity contribution is 0.373. The highest BCUT2D eigenvalue weighted by Crippen LogP contribution is 2.46. The first-order valence-corrected chi connectivity index (χ1v) is 7.81. The van der Waals surface area contributed by atoms with Gasteiger partial charge in [-0.15, -0.1) is 0 Å². The topological polar surface area (TPSA) is 42.7 Å². The van der Waals surface area contributed by atoms with E-state index < -0.39 is 0 Å². The summed E-state index contributed by atoms with van der Waals surface area (Å²) in [6, 6.07) is 0. The van der Waals surface area contributed by atoms with E-state index in [0.29, 0.717) is 5.41 Å². The van der Waals surface area contributed by atoms with Gasteiger partial charge in [0, 0.05) is 49.2 Å². The smallest absolute Gasteiger partial charge is 0.158 e. The van der Waals surface area contributed by atoms with Crippen molar-refractivity contribution in [3.63, 3.8) is 0 Å². The SMILES string of the molecule is CC.Cn1c2c(c3nccnc31)C1(CCCC1)CNC2. The second kappa shape index (κ2) is 5.17. The standard InChI is InChI=1S/C14H18N4.C2H6/c1-18-10-8-15-9-14(4-2-3-5-14)11(10)12-13(18)17-7-6-16-12;1-2/h6-7,15H,2-5,8-9H2,1H3;1-2H3. The van der Waals surface area contributed by atoms with E-state index in [1.165, 1.54) is 36.9 Å². The highest BCUT2D eigenvalue weighted by Gasteiger charge is 2.42. The van der Waals surface area contributed by atoms with Crippen LogP contribution in [0.15, 0.2) is 12.4 Å². The molecular weight excluding hydrogens is 248 g/mol. The van der Waals surface area contributed by atoms with Crippen molar-refractivity contribution in [2.75, 3.05) is 6.54 Å². The van der Waals surface area contributed by atoms with Gasteiger partial charge in [-0.1, -0.05) is 26.7 Å². The van der Waals surface area contributed by atoms with Gasteiger partial charge in [-0.3, -0.25) is 4.98 Å². The highest BCUT2D eigenvalue weighted by molar-refractivity contribution is 5.79. The van der Waals surface area contributed by atoms with Gasteiger partial charge < -0.3 is 9.88 Å². The molecule has 0 atom stereocenters. The molecule has 0 radical (unpaired) electrons. The maximum atomic E-state index is 4.62. The van der Waals surface area contributed by atoms with E-state index in [9.17, 15) is 0 Å². The quantitative estimate of drug-likeness (QED) is 0.802. The van der Waals surface area contributed by atoms with Crippen LogP contribution in [0.4, 0.5) is 0 Å². The average molecular weight is 272 g/mol. The Morgan fingerprint density at radius 3 is 2.60 bits per heavy atom. The summed E-state index contributed by atoms with van der Waals surface area (Å²) in [5.74, 6) is 0. The summed E-state index contributed by atoms with van der Waals surface area (Å²) in [4.78, 5) is 9.14. The Morgan fingerprint density at radius 2 is 1.85 bits per heavy atom. The van der Waals surface area contributed by atoms with E-state index in [4.69, 9.17) is 0 Å². The number of hydrogen-bond donors (Lipinski definition) is 1. The molecule has 0 bridgehead atoms. The Morgan fingerprint density at radius 1 is 1.15 bits per heavy atom. The Labute approximate surface area is 120 Å². The van der Waals surface area contributed by atoms with Crippen molar-refractivity contribution >= 4 is 11.2 Å². The van der Waals surface area contributed by atoms with E-state index in [-0.39, 0.29) is 0 Å². The van der Waals surface area contributed by atoms with Crippen LogP contribution in [-0.2, 0) is 19.0 Å². The lowest BCUT2D eigenvalue weighted by atomic mass is 9.76. The fourth-order valence-electron chi connectivity index (χ4n) is 3.94. The highest BCUT2D eigenvalue weighted by atomic mass is 15.1. The van der Waals surface area contributed by atoms with Gasteiger partial charge in [-0.25, -0.2) is 4.98 Å². The molecule has 2 aromatic rings. The molecule has 2 aromatic heterocycles. The van der Waals surface area contributed by atoms with Gasteiger partial charge in [0.15, 0.2) is 5.65 Å². The van der Waals surface area contributed by atoms with Crippen LogP contribution in [-0.4, -0.2) is 21.1 Å². The molecule has 2 aliphatic rings. The van der Waals surface area contributed by atoms with Gasteiger partial charge >= 0.3 is 0 Å². The zero-order valence-corrected chi connectivity index (χ0v) is 12.7. The molecular formula is C16H24N4. The van der Waals surface area contributed by atoms with Crippen molar-refractivity contribution in [3.8, 4) is 0 Å². The molecule has 1 saturated carbocycles. The van der Waals surface area contributed by atoms with E-state index in [0.717, 1.165) is 24.3 Å². The first-order chi connectivity index (χ1) is 9.82. The van der Waals surface area contributed by atoms with E-state index in [1.54, 1.807) is 6.20 Å². The molecule has 0 saturated heterocycles. The molecule has 4 rings (SSSR count). The van der Waals surface area contributed by atoms with Crippen LogP contribution in [0.3, 0.4) is 0 Å². The predicted molar refractivity (Wildman–Crippen MR) is 81.7 cm³/mol. The minimum atomic E-state index is 0.323. The first kappa shape index (κ1) is 13.6. The van der Waals surface area contributed by atoms with Crippen molar-refractivity contribution in [3.05, 3.63) is 23.7 Å². The molecule has 1 aliphatic heterocycles. The second-order valence-electron chi connectivity index (χ2n) is 5.70. The summed E-state index contributed by atoms with van der Waals surface area (Å²) in [6.45, 7) is 6.06. The molecule has 3 heterocycles. The Kier molecular flexibility index (Phi) is 3.50. The summed E-state index contributed by atoms with van der Waals surface area (Å²) in [6.07, 6.45) is 8.90. The van der Waals surface area contributed by atoms with Crippen molar-refractivity contribution in [1.29, 1.82) is 0 Å². The van der Waals surface area contributed by atoms with Crippen LogP contribution >= 0.6 is 0 Å². The van der Waals surface area contributed by atoms with Gasteiger partial charge in [0.25, 0.3) is 0 Å². The van der Waals surface area contributed by atoms with Crippen molar-refractivity contribution in [2.24, 2.45) is 7.05 Å². The third-order valence-corrected chi connectivity index (χ3v) is 4.77. The van der Waals surface area contributed by atoms with Gasteiger partial charge in [-0.2, -0.15) is 0 Å². The summed E-state index contributed by atoms with van der Waals surface area (Å²) in [7, 11) is 2.12. The normalized spacial score (nSPS) is 19.8. The van der Waals surface area contributed by atoms with Crippen LogP contribution < -0.4 is 5.32 Å². The fourth-order valence-corrected chi connectivity index (χ4v) is 3.94. The lowest BCUT2D eigenvalue weighted by Gasteiger charge is -2.34. The number of nitrogens with zero attached hydrogens (tertiary/aromatic N) is 3. The van der Waals surface area contributed by atoms with Crippen molar-refractivity contribution < 1.29 is 0 Å². The molecule has 0 unspecified atom stereocenters. The Balaban J connectivity index is 0.000000581. The monoisotopic (exact) mass is 272 g/mol. The molecule has 1 spiro atoms. The molecule has 0 amide bonds. The van der Waals surface area contributed by atoms with Gasteiger partial charge in [0.2, 0.25) is 0 Å². The molecule has 4 nitrogen and oxygen atoms in total. The number of aryl methyl sites for hydroxylation is 1. The lowest BCUT2D eigenvalue weighted by Crippen LogP contribution is -2.41. The van der Waals surface area contributed by atoms with Crippen LogP contribution in [0.1, 0.15) is 50.8 Å². The van der Waals surface area contributed by atoms with Crippen molar-refractivity contribution in [1.82, 2.24) is 19.9 Å². The predicted octanol–water partition coefficient (Wildman–Crippen LogP) is 2.91. The van der Waals surface area contributed by atoms with E-state index in [2.05, 4.69) is 26.9 Å². The van der Waals surface area contributed by atoms with E-state index in [1.807, 2.05) is 20.0 Å². The third kappa shape index (κ3) is 1.78. The molecule has 1 fully saturated rings. The van der Waals surface area contributed by atoms with Crippen molar-refractivity contribution in [2.45, 2.75) is 51.5 Å². The number of rotatable bonds is 0. The summed E-state index contributed by atoms with van der Waals surface area (Å²) >= 11 is 0. The number of aromatic nitrogens is 3. The first-order valence-electron chi connectivity index (χ1n) is 7.81. The Hall–Kier alpha value is -1.42. The van der Waals surface area contributed by atoms with Crippen LogP contribution in [0.5, 0.6) is 0 Å². The summed E-state index contributed by atoms with van der Waals surface area (Å²) in [5, 5.41) is 3.60. The summed E-state index contributed by atoms with van der Waals surface area (Å²) < 4.78 is 2.23. The fraction of sp³-hybridized carbons (Fsp3) is 0.625. The average Bonchev–Trinajstić information content (AvgIpc) is 3.08. The maximum absolute atomic E-state index is 4.62. The number of nitrogens with one attached hydrogen (secondary N) is 1. The van der Waals surface area contributed by atoms with Crippen LogP contribution in [0, 0.1) is 0 Å². The van der Waals surface area contributed by atoms with Crippen LogP contribution in [0.2, 0.25) is 0 Å². The number of fused-ring (bicyclic) bond motifs is 4. The number of hydrogen-bond acceptors (Lipinski definition) is 3. The molecule has 1 N–H and O–H groups in total. The maximum Gasteiger partial charge on any atom is 0.158 e. The molecule has 20 heavy (non-hydrogen) atoms.